The standard InChI is InChI=1S/C24H22N4O/c1-17(19-11-9-18(14-25)10-12-19)16-29-23(20-6-3-2-4-7-20)22-15-27-21-8-5-13-26-24(21)28-22/h2-13,17,27H,15-16H2,1H3,(H,26,28)/b23-22+. The molecule has 0 bridgehead atoms. The van der Waals surface area contributed by atoms with Crippen molar-refractivity contribution in [1.82, 2.24) is 4.98 Å². The molecule has 144 valence electrons. The number of ether oxygens (including phenoxy) is 1. The summed E-state index contributed by atoms with van der Waals surface area (Å²) in [4.78, 5) is 4.42. The van der Waals surface area contributed by atoms with Crippen molar-refractivity contribution in [3.63, 3.8) is 0 Å². The number of rotatable bonds is 5. The zero-order chi connectivity index (χ0) is 20.1. The molecule has 0 saturated heterocycles. The van der Waals surface area contributed by atoms with E-state index in [0.29, 0.717) is 18.7 Å². The molecule has 1 atom stereocenters. The average Bonchev–Trinajstić information content (AvgIpc) is 2.79. The second-order valence-corrected chi connectivity index (χ2v) is 7.00. The molecule has 2 heterocycles. The summed E-state index contributed by atoms with van der Waals surface area (Å²) in [7, 11) is 0. The van der Waals surface area contributed by atoms with E-state index >= 15 is 0 Å². The molecule has 5 nitrogen and oxygen atoms in total. The maximum Gasteiger partial charge on any atom is 0.153 e. The average molecular weight is 382 g/mol. The number of hydrogen-bond acceptors (Lipinski definition) is 5. The first-order valence-electron chi connectivity index (χ1n) is 9.62. The van der Waals surface area contributed by atoms with Crippen LogP contribution in [-0.2, 0) is 4.74 Å². The third-order valence-electron chi connectivity index (χ3n) is 4.93. The van der Waals surface area contributed by atoms with Gasteiger partial charge in [0.1, 0.15) is 5.76 Å². The van der Waals surface area contributed by atoms with E-state index < -0.39 is 0 Å². The summed E-state index contributed by atoms with van der Waals surface area (Å²) < 4.78 is 6.34. The first kappa shape index (κ1) is 18.6. The molecule has 1 aliphatic heterocycles. The second-order valence-electron chi connectivity index (χ2n) is 7.00. The summed E-state index contributed by atoms with van der Waals surface area (Å²) in [6, 6.07) is 23.8. The van der Waals surface area contributed by atoms with Gasteiger partial charge in [-0.2, -0.15) is 5.26 Å². The SMILES string of the molecule is CC(CO/C(=C1\CNc2cccnc2N1)c1ccccc1)c1ccc(C#N)cc1. The lowest BCUT2D eigenvalue weighted by Gasteiger charge is -2.25. The van der Waals surface area contributed by atoms with Gasteiger partial charge in [-0.25, -0.2) is 4.98 Å². The minimum absolute atomic E-state index is 0.184. The van der Waals surface area contributed by atoms with Crippen LogP contribution in [-0.4, -0.2) is 18.1 Å². The highest BCUT2D eigenvalue weighted by Crippen LogP contribution is 2.30. The number of anilines is 2. The quantitative estimate of drug-likeness (QED) is 0.609. The summed E-state index contributed by atoms with van der Waals surface area (Å²) in [6.45, 7) is 3.28. The van der Waals surface area contributed by atoms with Crippen molar-refractivity contribution in [3.05, 3.63) is 95.3 Å². The molecule has 1 aromatic heterocycles. The normalized spacial score (nSPS) is 15.2. The van der Waals surface area contributed by atoms with E-state index in [1.807, 2.05) is 66.7 Å². The van der Waals surface area contributed by atoms with Crippen molar-refractivity contribution < 1.29 is 4.74 Å². The number of nitrogens with one attached hydrogen (secondary N) is 2. The van der Waals surface area contributed by atoms with Crippen LogP contribution in [0.1, 0.15) is 29.5 Å². The summed E-state index contributed by atoms with van der Waals surface area (Å²) >= 11 is 0. The lowest BCUT2D eigenvalue weighted by Crippen LogP contribution is -2.22. The Morgan fingerprint density at radius 1 is 1.10 bits per heavy atom. The number of nitriles is 1. The number of aromatic nitrogens is 1. The Bertz CT molecular complexity index is 1050. The van der Waals surface area contributed by atoms with E-state index in [1.54, 1.807) is 6.20 Å². The predicted octanol–water partition coefficient (Wildman–Crippen LogP) is 4.98. The van der Waals surface area contributed by atoms with Crippen molar-refractivity contribution in [1.29, 1.82) is 5.26 Å². The zero-order valence-corrected chi connectivity index (χ0v) is 16.2. The lowest BCUT2D eigenvalue weighted by atomic mass is 10.0. The molecule has 1 unspecified atom stereocenters. The molecule has 2 aromatic carbocycles. The molecule has 2 N–H and O–H groups in total. The van der Waals surface area contributed by atoms with Crippen molar-refractivity contribution in [2.24, 2.45) is 0 Å². The molecule has 0 spiro atoms. The molecule has 0 radical (unpaired) electrons. The fourth-order valence-electron chi connectivity index (χ4n) is 3.28. The van der Waals surface area contributed by atoms with Gasteiger partial charge < -0.3 is 15.4 Å². The van der Waals surface area contributed by atoms with Crippen molar-refractivity contribution in [2.75, 3.05) is 23.8 Å². The Labute approximate surface area is 170 Å². The van der Waals surface area contributed by atoms with Crippen LogP contribution in [0.4, 0.5) is 11.5 Å². The first-order valence-corrected chi connectivity index (χ1v) is 9.62. The fraction of sp³-hybridized carbons (Fsp3) is 0.167. The predicted molar refractivity (Wildman–Crippen MR) is 115 cm³/mol. The number of nitrogens with zero attached hydrogens (tertiary/aromatic N) is 2. The van der Waals surface area contributed by atoms with E-state index in [9.17, 15) is 0 Å². The van der Waals surface area contributed by atoms with E-state index in [-0.39, 0.29) is 5.92 Å². The molecule has 29 heavy (non-hydrogen) atoms. The minimum atomic E-state index is 0.184. The van der Waals surface area contributed by atoms with Gasteiger partial charge in [-0.3, -0.25) is 0 Å². The van der Waals surface area contributed by atoms with Gasteiger partial charge in [0.05, 0.1) is 36.2 Å². The summed E-state index contributed by atoms with van der Waals surface area (Å²) in [5.74, 6) is 1.80. The van der Waals surface area contributed by atoms with Gasteiger partial charge in [0.2, 0.25) is 0 Å². The molecule has 3 aromatic rings. The number of hydrogen-bond donors (Lipinski definition) is 2. The Balaban J connectivity index is 1.58. The molecular formula is C24H22N4O. The molecule has 0 aliphatic carbocycles. The van der Waals surface area contributed by atoms with Gasteiger partial charge in [-0.05, 0) is 29.8 Å². The smallest absolute Gasteiger partial charge is 0.153 e. The molecule has 0 saturated carbocycles. The van der Waals surface area contributed by atoms with Crippen LogP contribution in [0.2, 0.25) is 0 Å². The van der Waals surface area contributed by atoms with Crippen LogP contribution >= 0.6 is 0 Å². The van der Waals surface area contributed by atoms with Gasteiger partial charge in [-0.1, -0.05) is 49.4 Å². The van der Waals surface area contributed by atoms with Crippen LogP contribution in [0.15, 0.2) is 78.6 Å². The van der Waals surface area contributed by atoms with Gasteiger partial charge in [-0.15, -0.1) is 0 Å². The highest BCUT2D eigenvalue weighted by Gasteiger charge is 2.19. The lowest BCUT2D eigenvalue weighted by molar-refractivity contribution is 0.255. The topological polar surface area (TPSA) is 70.0 Å². The largest absolute Gasteiger partial charge is 0.490 e. The van der Waals surface area contributed by atoms with Gasteiger partial charge in [0.15, 0.2) is 5.82 Å². The van der Waals surface area contributed by atoms with Crippen molar-refractivity contribution >= 4 is 17.3 Å². The third-order valence-corrected chi connectivity index (χ3v) is 4.93. The van der Waals surface area contributed by atoms with E-state index in [2.05, 4.69) is 28.6 Å². The fourth-order valence-corrected chi connectivity index (χ4v) is 3.28. The minimum Gasteiger partial charge on any atom is -0.490 e. The van der Waals surface area contributed by atoms with Gasteiger partial charge in [0, 0.05) is 17.7 Å². The Morgan fingerprint density at radius 3 is 2.66 bits per heavy atom. The summed E-state index contributed by atoms with van der Waals surface area (Å²) in [6.07, 6.45) is 1.77. The van der Waals surface area contributed by atoms with E-state index in [4.69, 9.17) is 10.00 Å². The number of pyridine rings is 1. The maximum atomic E-state index is 8.98. The third kappa shape index (κ3) is 4.22. The highest BCUT2D eigenvalue weighted by molar-refractivity contribution is 5.76. The van der Waals surface area contributed by atoms with Crippen molar-refractivity contribution in [3.8, 4) is 6.07 Å². The molecular weight excluding hydrogens is 360 g/mol. The van der Waals surface area contributed by atoms with Crippen LogP contribution in [0, 0.1) is 11.3 Å². The van der Waals surface area contributed by atoms with Crippen LogP contribution in [0.25, 0.3) is 5.76 Å². The number of fused-ring (bicyclic) bond motifs is 1. The van der Waals surface area contributed by atoms with E-state index in [0.717, 1.165) is 34.1 Å². The van der Waals surface area contributed by atoms with Gasteiger partial charge >= 0.3 is 0 Å². The van der Waals surface area contributed by atoms with E-state index in [1.165, 1.54) is 0 Å². The van der Waals surface area contributed by atoms with Crippen LogP contribution in [0.3, 0.4) is 0 Å². The molecule has 5 heteroatoms. The molecule has 0 amide bonds. The second kappa shape index (κ2) is 8.49. The monoisotopic (exact) mass is 382 g/mol. The number of benzene rings is 2. The Morgan fingerprint density at radius 2 is 1.90 bits per heavy atom. The van der Waals surface area contributed by atoms with Crippen LogP contribution in [0.5, 0.6) is 0 Å². The zero-order valence-electron chi connectivity index (χ0n) is 16.2. The molecule has 1 aliphatic rings. The first-order chi connectivity index (χ1) is 14.2. The highest BCUT2D eigenvalue weighted by atomic mass is 16.5. The summed E-state index contributed by atoms with van der Waals surface area (Å²) in [5.41, 5.74) is 4.76. The van der Waals surface area contributed by atoms with Crippen molar-refractivity contribution in [2.45, 2.75) is 12.8 Å². The Hall–Kier alpha value is -3.78. The Kier molecular flexibility index (Phi) is 5.44. The maximum absolute atomic E-state index is 8.98. The summed E-state index contributed by atoms with van der Waals surface area (Å²) in [5, 5.41) is 15.8. The molecule has 0 fully saturated rings. The van der Waals surface area contributed by atoms with Crippen LogP contribution < -0.4 is 10.6 Å². The van der Waals surface area contributed by atoms with Gasteiger partial charge in [0.25, 0.3) is 0 Å². The molecule has 4 rings (SSSR count).